The van der Waals surface area contributed by atoms with Crippen LogP contribution in [0.5, 0.6) is 0 Å². The number of hydrogen-bond donors (Lipinski definition) is 1. The summed E-state index contributed by atoms with van der Waals surface area (Å²) in [5.74, 6) is -1.02. The predicted molar refractivity (Wildman–Crippen MR) is 86.6 cm³/mol. The highest BCUT2D eigenvalue weighted by molar-refractivity contribution is 7.89. The Morgan fingerprint density at radius 2 is 1.96 bits per heavy atom. The van der Waals surface area contributed by atoms with Crippen molar-refractivity contribution in [3.63, 3.8) is 0 Å². The minimum atomic E-state index is -3.86. The molecule has 1 aromatic heterocycles. The van der Waals surface area contributed by atoms with Gasteiger partial charge in [-0.05, 0) is 25.1 Å². The van der Waals surface area contributed by atoms with Gasteiger partial charge in [0.1, 0.15) is 5.82 Å². The first-order valence-corrected chi connectivity index (χ1v) is 8.77. The summed E-state index contributed by atoms with van der Waals surface area (Å²) < 4.78 is 47.1. The van der Waals surface area contributed by atoms with Gasteiger partial charge in [0.15, 0.2) is 5.58 Å². The van der Waals surface area contributed by atoms with Gasteiger partial charge in [0.05, 0.1) is 10.4 Å². The second-order valence-corrected chi connectivity index (χ2v) is 6.92. The zero-order valence-corrected chi connectivity index (χ0v) is 13.6. The lowest BCUT2D eigenvalue weighted by Crippen LogP contribution is -2.23. The summed E-state index contributed by atoms with van der Waals surface area (Å²) >= 11 is 0. The summed E-state index contributed by atoms with van der Waals surface area (Å²) in [6.07, 6.45) is 0. The molecule has 1 heterocycles. The number of oxazole rings is 1. The quantitative estimate of drug-likeness (QED) is 0.765. The van der Waals surface area contributed by atoms with Crippen molar-refractivity contribution >= 4 is 21.1 Å². The monoisotopic (exact) mass is 350 g/mol. The molecule has 0 bridgehead atoms. The highest BCUT2D eigenvalue weighted by Gasteiger charge is 2.17. The van der Waals surface area contributed by atoms with Crippen LogP contribution in [0.15, 0.2) is 56.6 Å². The van der Waals surface area contributed by atoms with Gasteiger partial charge in [-0.3, -0.25) is 4.57 Å². The van der Waals surface area contributed by atoms with E-state index in [-0.39, 0.29) is 22.6 Å². The summed E-state index contributed by atoms with van der Waals surface area (Å²) in [7, 11) is -3.86. The van der Waals surface area contributed by atoms with Crippen LogP contribution >= 0.6 is 0 Å². The summed E-state index contributed by atoms with van der Waals surface area (Å²) in [5, 5.41) is 0. The summed E-state index contributed by atoms with van der Waals surface area (Å²) in [4.78, 5) is 11.6. The van der Waals surface area contributed by atoms with Crippen LogP contribution < -0.4 is 10.5 Å². The molecule has 1 N–H and O–H groups in total. The van der Waals surface area contributed by atoms with E-state index in [9.17, 15) is 17.6 Å². The third-order valence-electron chi connectivity index (χ3n) is 3.68. The molecule has 8 heteroatoms. The molecule has 0 fully saturated rings. The molecular formula is C16H15FN2O4S. The molecule has 0 radical (unpaired) electrons. The van der Waals surface area contributed by atoms with Crippen molar-refractivity contribution in [3.05, 3.63) is 64.4 Å². The molecule has 2 aromatic carbocycles. The highest BCUT2D eigenvalue weighted by atomic mass is 32.2. The number of sulfonamides is 1. The van der Waals surface area contributed by atoms with Crippen LogP contribution in [0.1, 0.15) is 12.5 Å². The van der Waals surface area contributed by atoms with E-state index in [2.05, 4.69) is 4.72 Å². The van der Waals surface area contributed by atoms with E-state index in [1.54, 1.807) is 13.0 Å². The average molecular weight is 350 g/mol. The average Bonchev–Trinajstić information content (AvgIpc) is 2.88. The molecule has 24 heavy (non-hydrogen) atoms. The number of benzene rings is 2. The SMILES string of the molecule is CCn1c(=O)oc2cc(S(=O)(=O)NCc3ccccc3F)ccc21. The second-order valence-electron chi connectivity index (χ2n) is 5.16. The van der Waals surface area contributed by atoms with Gasteiger partial charge in [0.2, 0.25) is 10.0 Å². The molecule has 3 rings (SSSR count). The summed E-state index contributed by atoms with van der Waals surface area (Å²) in [6, 6.07) is 10.1. The van der Waals surface area contributed by atoms with Gasteiger partial charge in [-0.2, -0.15) is 0 Å². The Morgan fingerprint density at radius 3 is 2.67 bits per heavy atom. The third kappa shape index (κ3) is 2.98. The van der Waals surface area contributed by atoms with Crippen LogP contribution in [-0.4, -0.2) is 13.0 Å². The predicted octanol–water partition coefficient (Wildman–Crippen LogP) is 2.23. The largest absolute Gasteiger partial charge is 0.419 e. The minimum absolute atomic E-state index is 0.0525. The maximum absolute atomic E-state index is 13.6. The minimum Gasteiger partial charge on any atom is -0.408 e. The molecule has 0 unspecified atom stereocenters. The van der Waals surface area contributed by atoms with Crippen LogP contribution in [0.3, 0.4) is 0 Å². The molecule has 0 aliphatic heterocycles. The highest BCUT2D eigenvalue weighted by Crippen LogP contribution is 2.19. The molecule has 0 saturated carbocycles. The van der Waals surface area contributed by atoms with E-state index in [0.717, 1.165) is 0 Å². The lowest BCUT2D eigenvalue weighted by Gasteiger charge is -2.07. The van der Waals surface area contributed by atoms with E-state index < -0.39 is 21.6 Å². The van der Waals surface area contributed by atoms with Gasteiger partial charge in [-0.1, -0.05) is 18.2 Å². The normalized spacial score (nSPS) is 11.9. The van der Waals surface area contributed by atoms with Gasteiger partial charge >= 0.3 is 5.76 Å². The zero-order chi connectivity index (χ0) is 17.3. The Bertz CT molecular complexity index is 1050. The topological polar surface area (TPSA) is 81.3 Å². The fraction of sp³-hybridized carbons (Fsp3) is 0.188. The molecule has 3 aromatic rings. The molecule has 0 saturated heterocycles. The van der Waals surface area contributed by atoms with E-state index in [0.29, 0.717) is 12.1 Å². The lowest BCUT2D eigenvalue weighted by atomic mass is 10.2. The summed E-state index contributed by atoms with van der Waals surface area (Å²) in [5.41, 5.74) is 0.956. The number of nitrogens with zero attached hydrogens (tertiary/aromatic N) is 1. The molecule has 0 atom stereocenters. The third-order valence-corrected chi connectivity index (χ3v) is 5.08. The molecule has 6 nitrogen and oxygen atoms in total. The van der Waals surface area contributed by atoms with Crippen molar-refractivity contribution in [3.8, 4) is 0 Å². The Morgan fingerprint density at radius 1 is 1.21 bits per heavy atom. The number of fused-ring (bicyclic) bond motifs is 1. The van der Waals surface area contributed by atoms with Gasteiger partial charge in [0, 0.05) is 24.7 Å². The number of halogens is 1. The standard InChI is InChI=1S/C16H15FN2O4S/c1-2-19-14-8-7-12(9-15(14)23-16(19)20)24(21,22)18-10-11-5-3-4-6-13(11)17/h3-9,18H,2,10H2,1H3. The van der Waals surface area contributed by atoms with Crippen LogP contribution in [0.4, 0.5) is 4.39 Å². The fourth-order valence-electron chi connectivity index (χ4n) is 2.41. The van der Waals surface area contributed by atoms with Crippen molar-refractivity contribution in [1.82, 2.24) is 9.29 Å². The van der Waals surface area contributed by atoms with E-state index in [4.69, 9.17) is 4.42 Å². The molecule has 0 amide bonds. The molecule has 0 aliphatic carbocycles. The Balaban J connectivity index is 1.91. The van der Waals surface area contributed by atoms with Crippen LogP contribution in [0, 0.1) is 5.82 Å². The zero-order valence-electron chi connectivity index (χ0n) is 12.8. The van der Waals surface area contributed by atoms with Crippen molar-refractivity contribution in [1.29, 1.82) is 0 Å². The van der Waals surface area contributed by atoms with Gasteiger partial charge in [0.25, 0.3) is 0 Å². The Kier molecular flexibility index (Phi) is 4.25. The molecule has 126 valence electrons. The molecule has 0 aliphatic rings. The van der Waals surface area contributed by atoms with Crippen molar-refractivity contribution in [2.75, 3.05) is 0 Å². The second kappa shape index (κ2) is 6.21. The van der Waals surface area contributed by atoms with Gasteiger partial charge < -0.3 is 4.42 Å². The molecule has 0 spiro atoms. The maximum Gasteiger partial charge on any atom is 0.419 e. The van der Waals surface area contributed by atoms with Crippen LogP contribution in [0.2, 0.25) is 0 Å². The maximum atomic E-state index is 13.6. The number of nitrogens with one attached hydrogen (secondary N) is 1. The summed E-state index contributed by atoms with van der Waals surface area (Å²) in [6.45, 7) is 2.04. The molecular weight excluding hydrogens is 335 g/mol. The first kappa shape index (κ1) is 16.4. The number of rotatable bonds is 5. The smallest absolute Gasteiger partial charge is 0.408 e. The van der Waals surface area contributed by atoms with Crippen molar-refractivity contribution < 1.29 is 17.2 Å². The van der Waals surface area contributed by atoms with E-state index in [1.807, 2.05) is 0 Å². The first-order chi connectivity index (χ1) is 11.4. The number of hydrogen-bond acceptors (Lipinski definition) is 4. The lowest BCUT2D eigenvalue weighted by molar-refractivity contribution is 0.512. The van der Waals surface area contributed by atoms with E-state index >= 15 is 0 Å². The van der Waals surface area contributed by atoms with Crippen molar-refractivity contribution in [2.24, 2.45) is 0 Å². The Hall–Kier alpha value is -2.45. The van der Waals surface area contributed by atoms with Crippen molar-refractivity contribution in [2.45, 2.75) is 24.9 Å². The fourth-order valence-corrected chi connectivity index (χ4v) is 3.43. The van der Waals surface area contributed by atoms with Crippen LogP contribution in [-0.2, 0) is 23.1 Å². The first-order valence-electron chi connectivity index (χ1n) is 7.29. The van der Waals surface area contributed by atoms with Gasteiger partial charge in [-0.15, -0.1) is 0 Å². The Labute approximate surface area is 137 Å². The van der Waals surface area contributed by atoms with Crippen LogP contribution in [0.25, 0.3) is 11.1 Å². The number of aromatic nitrogens is 1. The van der Waals surface area contributed by atoms with Gasteiger partial charge in [-0.25, -0.2) is 22.3 Å². The van der Waals surface area contributed by atoms with E-state index in [1.165, 1.54) is 41.0 Å². The number of aryl methyl sites for hydroxylation is 1.